The SMILES string of the molecule is CC1(C)c2ccccc2-c2ccc(N(c3cccc4c3Oc3cc5c(cc3O4)C3(c4ccccc4-c4ccccc43)c3ccccc3-5)c3cccc4c5c(sc34)C=CCC5)cc21. The van der Waals surface area contributed by atoms with Gasteiger partial charge in [0.2, 0.25) is 0 Å². The molecule has 4 aliphatic carbocycles. The molecule has 0 amide bonds. The Balaban J connectivity index is 0.969. The lowest BCUT2D eigenvalue weighted by atomic mass is 9.70. The molecule has 9 aromatic rings. The molecule has 0 atom stereocenters. The van der Waals surface area contributed by atoms with Gasteiger partial charge >= 0.3 is 0 Å². The Bertz CT molecular complexity index is 3430. The Labute approximate surface area is 364 Å². The fraction of sp³-hybridized carbons (Fsp3) is 0.103. The number of anilines is 3. The maximum absolute atomic E-state index is 7.27. The number of aryl methyl sites for hydroxylation is 1. The second-order valence-electron chi connectivity index (χ2n) is 17.8. The van der Waals surface area contributed by atoms with Gasteiger partial charge in [-0.25, -0.2) is 0 Å². The molecule has 0 saturated carbocycles. The van der Waals surface area contributed by atoms with Crippen molar-refractivity contribution in [2.24, 2.45) is 0 Å². The molecule has 3 nitrogen and oxygen atoms in total. The van der Waals surface area contributed by atoms with Crippen LogP contribution in [0.2, 0.25) is 0 Å². The van der Waals surface area contributed by atoms with E-state index in [4.69, 9.17) is 9.47 Å². The average Bonchev–Trinajstić information content (AvgIpc) is 4.00. The summed E-state index contributed by atoms with van der Waals surface area (Å²) >= 11 is 1.89. The first-order valence-electron chi connectivity index (χ1n) is 21.7. The Morgan fingerprint density at radius 1 is 0.500 bits per heavy atom. The highest BCUT2D eigenvalue weighted by atomic mass is 32.1. The van der Waals surface area contributed by atoms with Crippen molar-refractivity contribution in [3.63, 3.8) is 0 Å². The standard InChI is InChI=1S/C58H39NO2S/c1-57(2)43-21-8-3-15-35(43)39-30-29-34(31-47(39)57)59(50-26-13-20-41-40-19-7-12-28-54(40)62-56(41)50)49-25-14-27-51-55(49)61-52-32-42-38-18-6-11-24-46(38)58(48(42)33-53(52)60-51)44-22-9-4-16-36(44)37-17-5-10-23-45(37)58/h3-6,8-18,20-33H,7,19H2,1-2H3. The van der Waals surface area contributed by atoms with Crippen molar-refractivity contribution in [3.8, 4) is 56.4 Å². The van der Waals surface area contributed by atoms with Crippen molar-refractivity contribution < 1.29 is 9.47 Å². The van der Waals surface area contributed by atoms with Crippen molar-refractivity contribution in [1.29, 1.82) is 0 Å². The molecule has 2 heterocycles. The minimum absolute atomic E-state index is 0.157. The summed E-state index contributed by atoms with van der Waals surface area (Å²) in [6.07, 6.45) is 6.75. The number of allylic oxidation sites excluding steroid dienone is 1. The smallest absolute Gasteiger partial charge is 0.194 e. The molecule has 0 saturated heterocycles. The minimum Gasteiger partial charge on any atom is -0.449 e. The highest BCUT2D eigenvalue weighted by Gasteiger charge is 2.52. The molecule has 0 N–H and O–H groups in total. The van der Waals surface area contributed by atoms with E-state index < -0.39 is 5.41 Å². The van der Waals surface area contributed by atoms with E-state index in [9.17, 15) is 0 Å². The molecule has 0 fully saturated rings. The van der Waals surface area contributed by atoms with Crippen LogP contribution in [0.4, 0.5) is 17.1 Å². The Hall–Kier alpha value is -7.14. The second kappa shape index (κ2) is 12.2. The number of rotatable bonds is 3. The maximum atomic E-state index is 7.27. The van der Waals surface area contributed by atoms with Crippen molar-refractivity contribution in [2.45, 2.75) is 37.5 Å². The first-order chi connectivity index (χ1) is 30.5. The summed E-state index contributed by atoms with van der Waals surface area (Å²) in [5, 5.41) is 1.33. The van der Waals surface area contributed by atoms with Crippen molar-refractivity contribution in [1.82, 2.24) is 0 Å². The number of hydrogen-bond donors (Lipinski definition) is 0. The lowest BCUT2D eigenvalue weighted by Gasteiger charge is -2.33. The van der Waals surface area contributed by atoms with Crippen LogP contribution in [-0.2, 0) is 17.3 Å². The Kier molecular flexibility index (Phi) is 6.83. The lowest BCUT2D eigenvalue weighted by molar-refractivity contribution is 0.360. The van der Waals surface area contributed by atoms with Gasteiger partial charge in [-0.3, -0.25) is 0 Å². The predicted molar refractivity (Wildman–Crippen MR) is 254 cm³/mol. The molecule has 1 aromatic heterocycles. The zero-order valence-electron chi connectivity index (χ0n) is 34.3. The van der Waals surface area contributed by atoms with Gasteiger partial charge in [-0.05, 0) is 139 Å². The fourth-order valence-electron chi connectivity index (χ4n) is 11.7. The summed E-state index contributed by atoms with van der Waals surface area (Å²) < 4.78 is 15.6. The number of benzene rings is 8. The third-order valence-electron chi connectivity index (χ3n) is 14.4. The summed E-state index contributed by atoms with van der Waals surface area (Å²) in [6, 6.07) is 60.3. The van der Waals surface area contributed by atoms with E-state index in [0.717, 1.165) is 41.4 Å². The fourth-order valence-corrected chi connectivity index (χ4v) is 13.0. The third kappa shape index (κ3) is 4.35. The number of ether oxygens (including phenoxy) is 2. The third-order valence-corrected chi connectivity index (χ3v) is 15.7. The van der Waals surface area contributed by atoms with Crippen LogP contribution in [0.3, 0.4) is 0 Å². The lowest BCUT2D eigenvalue weighted by Crippen LogP contribution is -2.25. The van der Waals surface area contributed by atoms with Crippen molar-refractivity contribution in [2.75, 3.05) is 4.90 Å². The van der Waals surface area contributed by atoms with Crippen LogP contribution in [0.25, 0.3) is 49.5 Å². The van der Waals surface area contributed by atoms with Gasteiger partial charge in [0.15, 0.2) is 23.0 Å². The monoisotopic (exact) mass is 813 g/mol. The Morgan fingerprint density at radius 3 is 1.85 bits per heavy atom. The first kappa shape index (κ1) is 34.6. The van der Waals surface area contributed by atoms with Crippen LogP contribution in [0.15, 0.2) is 170 Å². The summed E-state index contributed by atoms with van der Waals surface area (Å²) in [6.45, 7) is 4.71. The number of nitrogens with zero attached hydrogens (tertiary/aromatic N) is 1. The van der Waals surface area contributed by atoms with Gasteiger partial charge in [0.05, 0.1) is 21.5 Å². The average molecular weight is 814 g/mol. The number of fused-ring (bicyclic) bond motifs is 18. The molecule has 1 aliphatic heterocycles. The zero-order valence-corrected chi connectivity index (χ0v) is 35.1. The second-order valence-corrected chi connectivity index (χ2v) is 18.9. The number of thiophene rings is 1. The molecule has 294 valence electrons. The molecule has 8 aromatic carbocycles. The van der Waals surface area contributed by atoms with Crippen LogP contribution in [0, 0.1) is 0 Å². The van der Waals surface area contributed by atoms with Crippen LogP contribution in [0.5, 0.6) is 23.0 Å². The molecule has 0 radical (unpaired) electrons. The Morgan fingerprint density at radius 2 is 1.11 bits per heavy atom. The molecule has 4 heteroatoms. The molecular formula is C58H39NO2S. The van der Waals surface area contributed by atoms with Gasteiger partial charge in [0.25, 0.3) is 0 Å². The van der Waals surface area contributed by atoms with E-state index in [-0.39, 0.29) is 5.41 Å². The van der Waals surface area contributed by atoms with E-state index in [2.05, 4.69) is 195 Å². The molecule has 0 unspecified atom stereocenters. The van der Waals surface area contributed by atoms with Crippen LogP contribution in [-0.4, -0.2) is 0 Å². The number of hydrogen-bond acceptors (Lipinski definition) is 4. The van der Waals surface area contributed by atoms with E-state index in [0.29, 0.717) is 11.5 Å². The van der Waals surface area contributed by atoms with Gasteiger partial charge in [-0.15, -0.1) is 11.3 Å². The molecule has 14 rings (SSSR count). The summed E-state index contributed by atoms with van der Waals surface area (Å²) in [5.74, 6) is 2.85. The van der Waals surface area contributed by atoms with Gasteiger partial charge < -0.3 is 14.4 Å². The quantitative estimate of drug-likeness (QED) is 0.177. The summed E-state index contributed by atoms with van der Waals surface area (Å²) in [7, 11) is 0. The molecule has 1 spiro atoms. The molecule has 5 aliphatic rings. The molecule has 0 bridgehead atoms. The van der Waals surface area contributed by atoms with Gasteiger partial charge in [-0.2, -0.15) is 0 Å². The van der Waals surface area contributed by atoms with Gasteiger partial charge in [-0.1, -0.05) is 141 Å². The van der Waals surface area contributed by atoms with E-state index in [1.54, 1.807) is 0 Å². The normalized spacial score (nSPS) is 15.6. The maximum Gasteiger partial charge on any atom is 0.194 e. The molecule has 62 heavy (non-hydrogen) atoms. The predicted octanol–water partition coefficient (Wildman–Crippen LogP) is 15.9. The van der Waals surface area contributed by atoms with Crippen molar-refractivity contribution >= 4 is 44.6 Å². The van der Waals surface area contributed by atoms with E-state index in [1.165, 1.54) is 87.3 Å². The summed E-state index contributed by atoms with van der Waals surface area (Å²) in [4.78, 5) is 3.78. The summed E-state index contributed by atoms with van der Waals surface area (Å²) in [5.41, 5.74) is 19.4. The minimum atomic E-state index is -0.467. The van der Waals surface area contributed by atoms with Crippen LogP contribution >= 0.6 is 11.3 Å². The largest absolute Gasteiger partial charge is 0.449 e. The van der Waals surface area contributed by atoms with Crippen molar-refractivity contribution in [3.05, 3.63) is 214 Å². The first-order valence-corrected chi connectivity index (χ1v) is 22.5. The molecular weight excluding hydrogens is 775 g/mol. The van der Waals surface area contributed by atoms with E-state index in [1.807, 2.05) is 11.3 Å². The number of para-hydroxylation sites is 1. The van der Waals surface area contributed by atoms with Crippen LogP contribution < -0.4 is 14.4 Å². The van der Waals surface area contributed by atoms with Crippen LogP contribution in [0.1, 0.15) is 64.1 Å². The highest BCUT2D eigenvalue weighted by Crippen LogP contribution is 2.65. The zero-order chi connectivity index (χ0) is 40.9. The van der Waals surface area contributed by atoms with E-state index >= 15 is 0 Å². The highest BCUT2D eigenvalue weighted by molar-refractivity contribution is 7.20. The van der Waals surface area contributed by atoms with Gasteiger partial charge in [0, 0.05) is 16.0 Å². The topological polar surface area (TPSA) is 21.7 Å². The van der Waals surface area contributed by atoms with Gasteiger partial charge in [0.1, 0.15) is 0 Å².